The second kappa shape index (κ2) is 11.6. The van der Waals surface area contributed by atoms with Crippen LogP contribution in [-0.4, -0.2) is 28.5 Å². The van der Waals surface area contributed by atoms with E-state index in [-0.39, 0.29) is 24.2 Å². The van der Waals surface area contributed by atoms with Crippen molar-refractivity contribution in [3.05, 3.63) is 71.8 Å². The monoisotopic (exact) mass is 411 g/mol. The van der Waals surface area contributed by atoms with Crippen LogP contribution in [0.3, 0.4) is 0 Å². The predicted molar refractivity (Wildman–Crippen MR) is 118 cm³/mol. The molecule has 3 N–H and O–H groups in total. The van der Waals surface area contributed by atoms with Crippen LogP contribution in [0.1, 0.15) is 63.2 Å². The largest absolute Gasteiger partial charge is 0.458 e. The van der Waals surface area contributed by atoms with E-state index in [2.05, 4.69) is 19.1 Å². The number of ether oxygens (including phenoxy) is 1. The number of esters is 1. The van der Waals surface area contributed by atoms with Crippen LogP contribution in [0.4, 0.5) is 0 Å². The van der Waals surface area contributed by atoms with Crippen molar-refractivity contribution in [1.29, 1.82) is 0 Å². The summed E-state index contributed by atoms with van der Waals surface area (Å²) in [5, 5.41) is 9.47. The number of carbonyl (C=O) groups is 2. The molecule has 0 bridgehead atoms. The molecule has 0 unspecified atom stereocenters. The number of hydrogen-bond acceptors (Lipinski definition) is 5. The van der Waals surface area contributed by atoms with Crippen LogP contribution in [0.2, 0.25) is 0 Å². The van der Waals surface area contributed by atoms with Crippen molar-refractivity contribution in [1.82, 2.24) is 0 Å². The van der Waals surface area contributed by atoms with E-state index in [1.54, 1.807) is 6.92 Å². The van der Waals surface area contributed by atoms with E-state index in [0.29, 0.717) is 6.42 Å². The second-order valence-corrected chi connectivity index (χ2v) is 8.00. The van der Waals surface area contributed by atoms with Gasteiger partial charge in [-0.1, -0.05) is 74.0 Å². The zero-order valence-electron chi connectivity index (χ0n) is 17.9. The fourth-order valence-corrected chi connectivity index (χ4v) is 3.73. The van der Waals surface area contributed by atoms with Gasteiger partial charge in [0.25, 0.3) is 0 Å². The van der Waals surface area contributed by atoms with Gasteiger partial charge in [-0.3, -0.25) is 9.59 Å². The lowest BCUT2D eigenvalue weighted by Gasteiger charge is -2.36. The van der Waals surface area contributed by atoms with Crippen LogP contribution in [0.15, 0.2) is 60.7 Å². The molecule has 0 radical (unpaired) electrons. The number of Topliss-reactive ketones (excluding diaryl/α,β-unsaturated/α-hetero) is 1. The predicted octanol–water partition coefficient (Wildman–Crippen LogP) is 4.13. The molecular weight excluding hydrogens is 378 g/mol. The Morgan fingerprint density at radius 2 is 1.63 bits per heavy atom. The third-order valence-electron chi connectivity index (χ3n) is 5.25. The highest BCUT2D eigenvalue weighted by Gasteiger charge is 2.40. The van der Waals surface area contributed by atoms with Crippen molar-refractivity contribution in [3.63, 3.8) is 0 Å². The molecule has 3 rings (SSSR count). The Kier molecular flexibility index (Phi) is 9.21. The van der Waals surface area contributed by atoms with Gasteiger partial charge in [-0.05, 0) is 37.3 Å². The smallest absolute Gasteiger partial charge is 0.313 e. The number of cyclic esters (lactones) is 1. The molecule has 30 heavy (non-hydrogen) atoms. The number of carbonyl (C=O) groups excluding carboxylic acids is 2. The Labute approximate surface area is 179 Å². The van der Waals surface area contributed by atoms with Gasteiger partial charge < -0.3 is 15.6 Å². The van der Waals surface area contributed by atoms with Gasteiger partial charge in [0.05, 0.1) is 6.10 Å². The van der Waals surface area contributed by atoms with Crippen molar-refractivity contribution in [2.24, 2.45) is 5.73 Å². The van der Waals surface area contributed by atoms with E-state index in [1.165, 1.54) is 5.56 Å². The Morgan fingerprint density at radius 3 is 2.17 bits per heavy atom. The van der Waals surface area contributed by atoms with Crippen molar-refractivity contribution < 1.29 is 19.4 Å². The number of ketones is 1. The number of aliphatic hydroxyl groups is 1. The van der Waals surface area contributed by atoms with E-state index < -0.39 is 11.7 Å². The third-order valence-corrected chi connectivity index (χ3v) is 5.25. The number of aryl methyl sites for hydroxylation is 1. The first kappa shape index (κ1) is 23.8. The minimum absolute atomic E-state index is 0.0118. The van der Waals surface area contributed by atoms with Gasteiger partial charge in [0.15, 0.2) is 0 Å². The molecule has 1 saturated heterocycles. The molecule has 0 aliphatic carbocycles. The molecule has 0 amide bonds. The number of rotatable bonds is 7. The zero-order chi connectivity index (χ0) is 22.0. The minimum atomic E-state index is -0.572. The highest BCUT2D eigenvalue weighted by molar-refractivity contribution is 5.98. The molecule has 0 aromatic heterocycles. The Hall–Kier alpha value is -2.50. The highest BCUT2D eigenvalue weighted by Crippen LogP contribution is 2.33. The molecule has 2 aromatic carbocycles. The van der Waals surface area contributed by atoms with Gasteiger partial charge in [0.1, 0.15) is 17.8 Å². The maximum absolute atomic E-state index is 11.7. The summed E-state index contributed by atoms with van der Waals surface area (Å²) in [4.78, 5) is 23.2. The standard InChI is InChI=1S/C16H20O3.C9H13NO/c1-2-9-16(12-14(17)11-15(18)19-16)10-8-13-6-4-3-5-7-13;1-7(10)9(11)8-5-3-2-4-6-8/h3-7H,2,8-12H2,1H3;2-7,9,11H,10H2,1H3/t16-;7-,9-/m00/s1. The molecule has 5 heteroatoms. The lowest BCUT2D eigenvalue weighted by atomic mass is 9.83. The average molecular weight is 412 g/mol. The van der Waals surface area contributed by atoms with Crippen molar-refractivity contribution in [2.75, 3.05) is 0 Å². The topological polar surface area (TPSA) is 89.6 Å². The minimum Gasteiger partial charge on any atom is -0.458 e. The first-order valence-electron chi connectivity index (χ1n) is 10.6. The first-order valence-corrected chi connectivity index (χ1v) is 10.6. The lowest BCUT2D eigenvalue weighted by molar-refractivity contribution is -0.172. The molecule has 1 aliphatic heterocycles. The summed E-state index contributed by atoms with van der Waals surface area (Å²) >= 11 is 0. The molecule has 2 aromatic rings. The molecular formula is C25H33NO4. The average Bonchev–Trinajstić information content (AvgIpc) is 2.73. The summed E-state index contributed by atoms with van der Waals surface area (Å²) in [6.45, 7) is 3.84. The van der Waals surface area contributed by atoms with E-state index in [0.717, 1.165) is 31.2 Å². The van der Waals surface area contributed by atoms with E-state index >= 15 is 0 Å². The molecule has 0 saturated carbocycles. The summed E-state index contributed by atoms with van der Waals surface area (Å²) in [5.41, 5.74) is 7.04. The van der Waals surface area contributed by atoms with E-state index in [1.807, 2.05) is 48.5 Å². The maximum atomic E-state index is 11.7. The molecule has 1 aliphatic rings. The molecule has 5 nitrogen and oxygen atoms in total. The summed E-state index contributed by atoms with van der Waals surface area (Å²) in [7, 11) is 0. The van der Waals surface area contributed by atoms with Crippen molar-refractivity contribution >= 4 is 11.8 Å². The van der Waals surface area contributed by atoms with Gasteiger partial charge in [0.2, 0.25) is 0 Å². The zero-order valence-corrected chi connectivity index (χ0v) is 17.9. The van der Waals surface area contributed by atoms with Gasteiger partial charge in [-0.2, -0.15) is 0 Å². The SMILES string of the molecule is CCC[C@]1(CCc2ccccc2)CC(=O)CC(=O)O1.C[C@H](N)[C@H](O)c1ccccc1. The van der Waals surface area contributed by atoms with Crippen LogP contribution < -0.4 is 5.73 Å². The summed E-state index contributed by atoms with van der Waals surface area (Å²) < 4.78 is 5.55. The quantitative estimate of drug-likeness (QED) is 0.528. The first-order chi connectivity index (χ1) is 14.3. The fourth-order valence-electron chi connectivity index (χ4n) is 3.73. The Bertz CT molecular complexity index is 773. The van der Waals surface area contributed by atoms with Gasteiger partial charge in [0, 0.05) is 12.5 Å². The molecule has 1 heterocycles. The molecule has 3 atom stereocenters. The Balaban J connectivity index is 0.000000248. The number of hydrogen-bond donors (Lipinski definition) is 2. The maximum Gasteiger partial charge on any atom is 0.313 e. The van der Waals surface area contributed by atoms with Crippen molar-refractivity contribution in [3.8, 4) is 0 Å². The second-order valence-electron chi connectivity index (χ2n) is 8.00. The highest BCUT2D eigenvalue weighted by atomic mass is 16.6. The lowest BCUT2D eigenvalue weighted by Crippen LogP contribution is -2.43. The third kappa shape index (κ3) is 7.39. The number of nitrogens with two attached hydrogens (primary N) is 1. The number of benzene rings is 2. The number of aliphatic hydroxyl groups excluding tert-OH is 1. The Morgan fingerprint density at radius 1 is 1.03 bits per heavy atom. The molecule has 1 fully saturated rings. The van der Waals surface area contributed by atoms with Crippen LogP contribution in [0.5, 0.6) is 0 Å². The van der Waals surface area contributed by atoms with E-state index in [9.17, 15) is 14.7 Å². The van der Waals surface area contributed by atoms with Gasteiger partial charge >= 0.3 is 5.97 Å². The van der Waals surface area contributed by atoms with Gasteiger partial charge in [-0.25, -0.2) is 0 Å². The van der Waals surface area contributed by atoms with Crippen molar-refractivity contribution in [2.45, 2.75) is 70.1 Å². The van der Waals surface area contributed by atoms with Crippen LogP contribution in [0.25, 0.3) is 0 Å². The summed E-state index contributed by atoms with van der Waals surface area (Å²) in [6.07, 6.45) is 3.00. The fraction of sp³-hybridized carbons (Fsp3) is 0.440. The molecule has 162 valence electrons. The van der Waals surface area contributed by atoms with Crippen LogP contribution in [0, 0.1) is 0 Å². The van der Waals surface area contributed by atoms with Crippen LogP contribution >= 0.6 is 0 Å². The van der Waals surface area contributed by atoms with E-state index in [4.69, 9.17) is 10.5 Å². The normalized spacial score (nSPS) is 20.5. The van der Waals surface area contributed by atoms with Gasteiger partial charge in [-0.15, -0.1) is 0 Å². The summed E-state index contributed by atoms with van der Waals surface area (Å²) in [6, 6.07) is 19.3. The molecule has 0 spiro atoms. The summed E-state index contributed by atoms with van der Waals surface area (Å²) in [5.74, 6) is -0.351. The van der Waals surface area contributed by atoms with Crippen LogP contribution in [-0.2, 0) is 20.7 Å².